The Bertz CT molecular complexity index is 1300. The average molecular weight is 535 g/mol. The van der Waals surface area contributed by atoms with Crippen molar-refractivity contribution in [3.8, 4) is 0 Å². The number of para-hydroxylation sites is 1. The minimum atomic E-state index is -3.61. The number of nitrogens with zero attached hydrogens (tertiary/aromatic N) is 4. The highest BCUT2D eigenvalue weighted by atomic mass is 35.5. The van der Waals surface area contributed by atoms with Gasteiger partial charge in [-0.15, -0.1) is 0 Å². The highest BCUT2D eigenvalue weighted by Gasteiger charge is 2.32. The number of carbonyl (C=O) groups is 1. The topological polar surface area (TPSA) is 73.8 Å². The fourth-order valence-corrected chi connectivity index (χ4v) is 7.45. The van der Waals surface area contributed by atoms with E-state index in [4.69, 9.17) is 11.6 Å². The molecule has 1 amide bonds. The van der Waals surface area contributed by atoms with Crippen LogP contribution in [0.4, 0.5) is 5.13 Å². The van der Waals surface area contributed by atoms with Crippen molar-refractivity contribution in [1.29, 1.82) is 0 Å². The molecule has 0 bridgehead atoms. The minimum Gasteiger partial charge on any atom is -0.308 e. The monoisotopic (exact) mass is 534 g/mol. The number of likely N-dealkylation sites (N-methyl/N-ethyl adjacent to an activating group) is 1. The molecule has 0 saturated carbocycles. The van der Waals surface area contributed by atoms with Gasteiger partial charge in [0, 0.05) is 31.7 Å². The highest BCUT2D eigenvalue weighted by Crippen LogP contribution is 2.33. The fraction of sp³-hybridized carbons (Fsp3) is 0.440. The van der Waals surface area contributed by atoms with E-state index in [0.717, 1.165) is 11.1 Å². The molecular weight excluding hydrogens is 504 g/mol. The molecule has 2 unspecified atom stereocenters. The zero-order valence-corrected chi connectivity index (χ0v) is 22.8. The lowest BCUT2D eigenvalue weighted by Crippen LogP contribution is -2.42. The van der Waals surface area contributed by atoms with E-state index in [1.165, 1.54) is 23.5 Å². The number of thiazole rings is 1. The Kier molecular flexibility index (Phi) is 7.83. The van der Waals surface area contributed by atoms with Crippen molar-refractivity contribution in [3.05, 3.63) is 53.1 Å². The van der Waals surface area contributed by atoms with Crippen LogP contribution in [0, 0.1) is 11.8 Å². The molecule has 1 aliphatic rings. The second-order valence-electron chi connectivity index (χ2n) is 9.64. The van der Waals surface area contributed by atoms with E-state index < -0.39 is 10.0 Å². The summed E-state index contributed by atoms with van der Waals surface area (Å²) < 4.78 is 28.9. The van der Waals surface area contributed by atoms with Crippen molar-refractivity contribution in [1.82, 2.24) is 14.2 Å². The van der Waals surface area contributed by atoms with E-state index in [0.29, 0.717) is 59.2 Å². The van der Waals surface area contributed by atoms with Crippen molar-refractivity contribution in [2.75, 3.05) is 45.2 Å². The summed E-state index contributed by atoms with van der Waals surface area (Å²) in [4.78, 5) is 22.0. The van der Waals surface area contributed by atoms with Gasteiger partial charge in [-0.2, -0.15) is 4.31 Å². The number of rotatable bonds is 7. The van der Waals surface area contributed by atoms with Gasteiger partial charge in [0.15, 0.2) is 5.13 Å². The number of amides is 1. The van der Waals surface area contributed by atoms with E-state index in [2.05, 4.69) is 18.8 Å². The SMILES string of the molecule is CC1CC(C)CN(S(=O)(=O)c2ccc(C(=O)N(CCN(C)C)c3nc4c(Cl)cccc4s3)cc2)C1. The molecule has 7 nitrogen and oxygen atoms in total. The maximum Gasteiger partial charge on any atom is 0.260 e. The number of aromatic nitrogens is 1. The van der Waals surface area contributed by atoms with Crippen molar-refractivity contribution in [2.24, 2.45) is 11.8 Å². The molecule has 2 atom stereocenters. The summed E-state index contributed by atoms with van der Waals surface area (Å²) >= 11 is 7.72. The number of sulfonamides is 1. The van der Waals surface area contributed by atoms with Crippen LogP contribution in [0.1, 0.15) is 30.6 Å². The van der Waals surface area contributed by atoms with Crippen LogP contribution in [-0.4, -0.2) is 68.8 Å². The number of benzene rings is 2. The molecule has 0 N–H and O–H groups in total. The van der Waals surface area contributed by atoms with E-state index in [-0.39, 0.29) is 10.8 Å². The molecule has 4 rings (SSSR count). The lowest BCUT2D eigenvalue weighted by Gasteiger charge is -2.34. The Morgan fingerprint density at radius 3 is 2.34 bits per heavy atom. The van der Waals surface area contributed by atoms with Crippen molar-refractivity contribution in [2.45, 2.75) is 25.2 Å². The third-order valence-electron chi connectivity index (χ3n) is 6.18. The van der Waals surface area contributed by atoms with Gasteiger partial charge < -0.3 is 4.90 Å². The predicted octanol–water partition coefficient (Wildman–Crippen LogP) is 4.82. The number of anilines is 1. The Balaban J connectivity index is 1.61. The lowest BCUT2D eigenvalue weighted by molar-refractivity contribution is 0.0985. The van der Waals surface area contributed by atoms with Gasteiger partial charge in [-0.05, 0) is 68.8 Å². The second kappa shape index (κ2) is 10.5. The normalized spacial score (nSPS) is 19.4. The standard InChI is InChI=1S/C25H31ClN4O3S2/c1-17-14-18(2)16-29(15-17)35(32,33)20-10-8-19(9-11-20)24(31)30(13-12-28(3)4)25-27-23-21(26)6-5-7-22(23)34-25/h5-11,17-18H,12-16H2,1-4H3. The summed E-state index contributed by atoms with van der Waals surface area (Å²) in [6, 6.07) is 11.8. The first-order valence-corrected chi connectivity index (χ1v) is 14.3. The van der Waals surface area contributed by atoms with Crippen LogP contribution >= 0.6 is 22.9 Å². The smallest absolute Gasteiger partial charge is 0.260 e. The highest BCUT2D eigenvalue weighted by molar-refractivity contribution is 7.89. The van der Waals surface area contributed by atoms with E-state index in [1.807, 2.05) is 31.1 Å². The Morgan fingerprint density at radius 2 is 1.74 bits per heavy atom. The minimum absolute atomic E-state index is 0.210. The number of piperidine rings is 1. The van der Waals surface area contributed by atoms with E-state index >= 15 is 0 Å². The summed E-state index contributed by atoms with van der Waals surface area (Å²) in [5.74, 6) is 0.412. The summed E-state index contributed by atoms with van der Waals surface area (Å²) in [6.07, 6.45) is 1.03. The van der Waals surface area contributed by atoms with Crippen molar-refractivity contribution in [3.63, 3.8) is 0 Å². The first kappa shape index (κ1) is 26.0. The third kappa shape index (κ3) is 5.70. The van der Waals surface area contributed by atoms with Gasteiger partial charge in [-0.25, -0.2) is 13.4 Å². The molecule has 1 aromatic heterocycles. The molecule has 1 aliphatic heterocycles. The maximum atomic E-state index is 13.5. The summed E-state index contributed by atoms with van der Waals surface area (Å²) in [5.41, 5.74) is 1.08. The third-order valence-corrected chi connectivity index (χ3v) is 9.37. The summed E-state index contributed by atoms with van der Waals surface area (Å²) in [5, 5.41) is 1.11. The van der Waals surface area contributed by atoms with Crippen molar-refractivity contribution < 1.29 is 13.2 Å². The van der Waals surface area contributed by atoms with E-state index in [1.54, 1.807) is 27.4 Å². The van der Waals surface area contributed by atoms with Gasteiger partial charge in [0.2, 0.25) is 10.0 Å². The number of fused-ring (bicyclic) bond motifs is 1. The largest absolute Gasteiger partial charge is 0.308 e. The molecule has 188 valence electrons. The van der Waals surface area contributed by atoms with Crippen LogP contribution in [0.15, 0.2) is 47.4 Å². The van der Waals surface area contributed by atoms with Gasteiger partial charge in [-0.1, -0.05) is 42.9 Å². The molecule has 2 aromatic carbocycles. The average Bonchev–Trinajstić information content (AvgIpc) is 3.24. The Morgan fingerprint density at radius 1 is 1.09 bits per heavy atom. The number of hydrogen-bond acceptors (Lipinski definition) is 6. The Hall–Kier alpha value is -2.04. The quantitative estimate of drug-likeness (QED) is 0.434. The molecule has 0 spiro atoms. The maximum absolute atomic E-state index is 13.5. The van der Waals surface area contributed by atoms with Crippen LogP contribution in [-0.2, 0) is 10.0 Å². The van der Waals surface area contributed by atoms with Gasteiger partial charge in [0.1, 0.15) is 5.52 Å². The molecule has 3 aromatic rings. The summed E-state index contributed by atoms with van der Waals surface area (Å²) in [7, 11) is 0.279. The number of carbonyl (C=O) groups excluding carboxylic acids is 1. The van der Waals surface area contributed by atoms with Gasteiger partial charge in [0.25, 0.3) is 5.91 Å². The van der Waals surface area contributed by atoms with Gasteiger partial charge in [0.05, 0.1) is 14.6 Å². The lowest BCUT2D eigenvalue weighted by atomic mass is 9.94. The molecular formula is C25H31ClN4O3S2. The van der Waals surface area contributed by atoms with Gasteiger partial charge in [-0.3, -0.25) is 9.69 Å². The van der Waals surface area contributed by atoms with Crippen LogP contribution < -0.4 is 4.90 Å². The number of halogens is 1. The zero-order chi connectivity index (χ0) is 25.3. The first-order chi connectivity index (χ1) is 16.6. The summed E-state index contributed by atoms with van der Waals surface area (Å²) in [6.45, 7) is 6.28. The first-order valence-electron chi connectivity index (χ1n) is 11.7. The second-order valence-corrected chi connectivity index (χ2v) is 13.0. The van der Waals surface area contributed by atoms with E-state index in [9.17, 15) is 13.2 Å². The zero-order valence-electron chi connectivity index (χ0n) is 20.4. The van der Waals surface area contributed by atoms with Crippen molar-refractivity contribution >= 4 is 54.2 Å². The molecule has 35 heavy (non-hydrogen) atoms. The molecule has 0 aliphatic carbocycles. The molecule has 1 fully saturated rings. The molecule has 2 heterocycles. The molecule has 10 heteroatoms. The predicted molar refractivity (Wildman–Crippen MR) is 143 cm³/mol. The van der Waals surface area contributed by atoms with Crippen LogP contribution in [0.25, 0.3) is 10.2 Å². The molecule has 0 radical (unpaired) electrons. The molecule has 1 saturated heterocycles. The van der Waals surface area contributed by atoms with Crippen LogP contribution in [0.3, 0.4) is 0 Å². The number of hydrogen-bond donors (Lipinski definition) is 0. The fourth-order valence-electron chi connectivity index (χ4n) is 4.48. The van der Waals surface area contributed by atoms with Crippen LogP contribution in [0.2, 0.25) is 5.02 Å². The van der Waals surface area contributed by atoms with Crippen LogP contribution in [0.5, 0.6) is 0 Å². The van der Waals surface area contributed by atoms with Gasteiger partial charge >= 0.3 is 0 Å². The Labute approximate surface area is 216 Å².